The maximum Gasteiger partial charge on any atom is 0.244 e. The second-order valence-electron chi connectivity index (χ2n) is 7.34. The van der Waals surface area contributed by atoms with Crippen molar-refractivity contribution in [2.75, 3.05) is 24.2 Å². The first-order chi connectivity index (χ1) is 14.7. The molecule has 31 heavy (non-hydrogen) atoms. The number of amides is 2. The van der Waals surface area contributed by atoms with E-state index >= 15 is 0 Å². The van der Waals surface area contributed by atoms with Gasteiger partial charge < -0.3 is 10.2 Å². The van der Waals surface area contributed by atoms with Gasteiger partial charge in [-0.05, 0) is 36.1 Å². The monoisotopic (exact) mass is 445 g/mol. The normalized spacial score (nSPS) is 12.1. The van der Waals surface area contributed by atoms with Gasteiger partial charge in [0.25, 0.3) is 0 Å². The van der Waals surface area contributed by atoms with E-state index in [1.54, 1.807) is 12.1 Å². The summed E-state index contributed by atoms with van der Waals surface area (Å²) in [5.74, 6) is -0.728. The third kappa shape index (κ3) is 6.55. The molecule has 0 aliphatic rings. The fourth-order valence-electron chi connectivity index (χ4n) is 3.38. The molecule has 0 radical (unpaired) electrons. The van der Waals surface area contributed by atoms with Crippen molar-refractivity contribution in [2.24, 2.45) is 0 Å². The lowest BCUT2D eigenvalue weighted by atomic mass is 10.1. The maximum atomic E-state index is 13.4. The van der Waals surface area contributed by atoms with Crippen LogP contribution < -0.4 is 9.62 Å². The van der Waals surface area contributed by atoms with Crippen LogP contribution in [0, 0.1) is 0 Å². The van der Waals surface area contributed by atoms with E-state index < -0.39 is 22.0 Å². The zero-order chi connectivity index (χ0) is 23.0. The van der Waals surface area contributed by atoms with Crippen LogP contribution in [0.4, 0.5) is 5.69 Å². The lowest BCUT2D eigenvalue weighted by molar-refractivity contribution is -0.140. The highest BCUT2D eigenvalue weighted by Crippen LogP contribution is 2.20. The second kappa shape index (κ2) is 10.9. The Balaban J connectivity index is 2.38. The number of rotatable bonds is 10. The van der Waals surface area contributed by atoms with Gasteiger partial charge in [-0.15, -0.1) is 0 Å². The van der Waals surface area contributed by atoms with Crippen molar-refractivity contribution in [3.8, 4) is 0 Å². The number of anilines is 1. The molecular formula is C23H31N3O4S. The van der Waals surface area contributed by atoms with Crippen LogP contribution in [0.25, 0.3) is 0 Å². The molecule has 0 spiro atoms. The minimum absolute atomic E-state index is 0.206. The summed E-state index contributed by atoms with van der Waals surface area (Å²) in [4.78, 5) is 27.3. The molecule has 0 saturated heterocycles. The molecule has 1 atom stereocenters. The Bertz CT molecular complexity index is 976. The lowest BCUT2D eigenvalue weighted by Crippen LogP contribution is -2.51. The number of aryl methyl sites for hydroxylation is 1. The molecule has 2 aromatic carbocycles. The lowest BCUT2D eigenvalue weighted by Gasteiger charge is -2.32. The van der Waals surface area contributed by atoms with Gasteiger partial charge in [-0.25, -0.2) is 8.42 Å². The molecule has 0 fully saturated rings. The van der Waals surface area contributed by atoms with E-state index in [-0.39, 0.29) is 19.0 Å². The van der Waals surface area contributed by atoms with E-state index in [2.05, 4.69) is 5.32 Å². The molecule has 0 saturated carbocycles. The second-order valence-corrected chi connectivity index (χ2v) is 9.24. The summed E-state index contributed by atoms with van der Waals surface area (Å²) in [6.07, 6.45) is 2.31. The van der Waals surface area contributed by atoms with Crippen LogP contribution in [0.1, 0.15) is 31.4 Å². The van der Waals surface area contributed by atoms with Crippen molar-refractivity contribution in [3.05, 3.63) is 65.7 Å². The number of carbonyl (C=O) groups excluding carboxylic acids is 2. The number of hydrogen-bond acceptors (Lipinski definition) is 4. The van der Waals surface area contributed by atoms with Crippen molar-refractivity contribution in [3.63, 3.8) is 0 Å². The van der Waals surface area contributed by atoms with Crippen LogP contribution in [0.5, 0.6) is 0 Å². The van der Waals surface area contributed by atoms with Crippen molar-refractivity contribution in [1.29, 1.82) is 0 Å². The standard InChI is InChI=1S/C23H31N3O4S/c1-5-18-12-14-20(15-13-18)26(31(4,29)30)17-22(27)25(21(6-2)23(28)24-3)16-19-10-8-7-9-11-19/h7-15,21H,5-6,16-17H2,1-4H3,(H,24,28). The molecule has 0 aliphatic carbocycles. The summed E-state index contributed by atoms with van der Waals surface area (Å²) in [5, 5.41) is 2.60. The molecular weight excluding hydrogens is 414 g/mol. The van der Waals surface area contributed by atoms with Crippen molar-refractivity contribution >= 4 is 27.5 Å². The van der Waals surface area contributed by atoms with E-state index in [4.69, 9.17) is 0 Å². The first-order valence-electron chi connectivity index (χ1n) is 10.3. The molecule has 2 amide bonds. The minimum atomic E-state index is -3.71. The largest absolute Gasteiger partial charge is 0.357 e. The molecule has 2 aromatic rings. The third-order valence-corrected chi connectivity index (χ3v) is 6.28. The van der Waals surface area contributed by atoms with Gasteiger partial charge >= 0.3 is 0 Å². The van der Waals surface area contributed by atoms with Crippen molar-refractivity contribution in [1.82, 2.24) is 10.2 Å². The maximum absolute atomic E-state index is 13.4. The Labute approximate surface area is 185 Å². The number of carbonyl (C=O) groups is 2. The molecule has 7 nitrogen and oxygen atoms in total. The summed E-state index contributed by atoms with van der Waals surface area (Å²) >= 11 is 0. The molecule has 0 bridgehead atoms. The third-order valence-electron chi connectivity index (χ3n) is 5.14. The van der Waals surface area contributed by atoms with Crippen LogP contribution in [-0.2, 0) is 32.6 Å². The quantitative estimate of drug-likeness (QED) is 0.609. The van der Waals surface area contributed by atoms with E-state index in [0.717, 1.165) is 28.1 Å². The number of hydrogen-bond donors (Lipinski definition) is 1. The van der Waals surface area contributed by atoms with Crippen molar-refractivity contribution in [2.45, 2.75) is 39.3 Å². The Kier molecular flexibility index (Phi) is 8.62. The molecule has 8 heteroatoms. The SMILES string of the molecule is CCc1ccc(N(CC(=O)N(Cc2ccccc2)C(CC)C(=O)NC)S(C)(=O)=O)cc1. The molecule has 2 rings (SSSR count). The fraction of sp³-hybridized carbons (Fsp3) is 0.391. The van der Waals surface area contributed by atoms with Gasteiger partial charge in [-0.1, -0.05) is 56.3 Å². The Morgan fingerprint density at radius 3 is 2.06 bits per heavy atom. The van der Waals surface area contributed by atoms with Gasteiger partial charge in [0, 0.05) is 13.6 Å². The molecule has 0 aliphatic heterocycles. The van der Waals surface area contributed by atoms with Crippen LogP contribution >= 0.6 is 0 Å². The van der Waals surface area contributed by atoms with E-state index in [1.807, 2.05) is 56.3 Å². The molecule has 1 N–H and O–H groups in total. The van der Waals surface area contributed by atoms with Gasteiger partial charge in [0.1, 0.15) is 12.6 Å². The van der Waals surface area contributed by atoms with E-state index in [0.29, 0.717) is 12.1 Å². The average Bonchev–Trinajstić information content (AvgIpc) is 2.77. The average molecular weight is 446 g/mol. The number of nitrogens with one attached hydrogen (secondary N) is 1. The van der Waals surface area contributed by atoms with Crippen LogP contribution in [-0.4, -0.2) is 51.0 Å². The summed E-state index contributed by atoms with van der Waals surface area (Å²) in [6.45, 7) is 3.66. The highest BCUT2D eigenvalue weighted by atomic mass is 32.2. The summed E-state index contributed by atoms with van der Waals surface area (Å²) in [7, 11) is -2.19. The number of nitrogens with zero attached hydrogens (tertiary/aromatic N) is 2. The fourth-order valence-corrected chi connectivity index (χ4v) is 4.23. The highest BCUT2D eigenvalue weighted by molar-refractivity contribution is 7.92. The predicted octanol–water partition coefficient (Wildman–Crippen LogP) is 2.57. The molecule has 168 valence electrons. The van der Waals surface area contributed by atoms with Crippen LogP contribution in [0.15, 0.2) is 54.6 Å². The van der Waals surface area contributed by atoms with Gasteiger partial charge in [0.2, 0.25) is 21.8 Å². The van der Waals surface area contributed by atoms with Crippen LogP contribution in [0.3, 0.4) is 0 Å². The Morgan fingerprint density at radius 2 is 1.58 bits per heavy atom. The van der Waals surface area contributed by atoms with Gasteiger partial charge in [-0.2, -0.15) is 0 Å². The van der Waals surface area contributed by atoms with E-state index in [1.165, 1.54) is 11.9 Å². The van der Waals surface area contributed by atoms with E-state index in [9.17, 15) is 18.0 Å². The molecule has 0 heterocycles. The zero-order valence-electron chi connectivity index (χ0n) is 18.5. The number of sulfonamides is 1. The van der Waals surface area contributed by atoms with Gasteiger partial charge in [-0.3, -0.25) is 13.9 Å². The first-order valence-corrected chi connectivity index (χ1v) is 12.2. The van der Waals surface area contributed by atoms with Gasteiger partial charge in [0.15, 0.2) is 0 Å². The molecule has 0 aromatic heterocycles. The smallest absolute Gasteiger partial charge is 0.244 e. The Morgan fingerprint density at radius 1 is 0.968 bits per heavy atom. The zero-order valence-corrected chi connectivity index (χ0v) is 19.4. The molecule has 1 unspecified atom stereocenters. The minimum Gasteiger partial charge on any atom is -0.357 e. The predicted molar refractivity (Wildman–Crippen MR) is 123 cm³/mol. The van der Waals surface area contributed by atoms with Crippen LogP contribution in [0.2, 0.25) is 0 Å². The summed E-state index contributed by atoms with van der Waals surface area (Å²) in [5.41, 5.74) is 2.34. The highest BCUT2D eigenvalue weighted by Gasteiger charge is 2.31. The number of benzene rings is 2. The topological polar surface area (TPSA) is 86.8 Å². The van der Waals surface area contributed by atoms with Crippen molar-refractivity contribution < 1.29 is 18.0 Å². The summed E-state index contributed by atoms with van der Waals surface area (Å²) < 4.78 is 26.1. The number of likely N-dealkylation sites (N-methyl/N-ethyl adjacent to an activating group) is 1. The summed E-state index contributed by atoms with van der Waals surface area (Å²) in [6, 6.07) is 15.7. The Hall–Kier alpha value is -2.87. The van der Waals surface area contributed by atoms with Gasteiger partial charge in [0.05, 0.1) is 11.9 Å². The first kappa shape index (κ1) is 24.4.